The lowest BCUT2D eigenvalue weighted by Gasteiger charge is -2.13. The average Bonchev–Trinajstić information content (AvgIpc) is 2.43. The average molecular weight is 221 g/mol. The molecule has 0 atom stereocenters. The van der Waals surface area contributed by atoms with Crippen LogP contribution in [-0.4, -0.2) is 34.4 Å². The van der Waals surface area contributed by atoms with Gasteiger partial charge in [-0.05, 0) is 12.1 Å². The van der Waals surface area contributed by atoms with E-state index in [2.05, 4.69) is 0 Å². The molecule has 1 amide bonds. The number of carboxylic acids is 1. The number of hydrogen-bond acceptors (Lipinski definition) is 4. The molecule has 0 saturated heterocycles. The molecular weight excluding hydrogens is 214 g/mol. The lowest BCUT2D eigenvalue weighted by atomic mass is 10.1. The summed E-state index contributed by atoms with van der Waals surface area (Å²) in [6.07, 6.45) is 0. The third-order valence-corrected chi connectivity index (χ3v) is 2.25. The molecule has 82 valence electrons. The lowest BCUT2D eigenvalue weighted by Crippen LogP contribution is -2.34. The van der Waals surface area contributed by atoms with Crippen molar-refractivity contribution in [3.05, 3.63) is 23.8 Å². The number of aromatic hydroxyl groups is 1. The molecule has 1 heterocycles. The van der Waals surface area contributed by atoms with Gasteiger partial charge in [-0.1, -0.05) is 0 Å². The third kappa shape index (κ3) is 1.40. The minimum absolute atomic E-state index is 0.115. The molecule has 1 aliphatic heterocycles. The van der Waals surface area contributed by atoms with Gasteiger partial charge in [0.2, 0.25) is 0 Å². The number of carbonyl (C=O) groups excluding carboxylic acids is 2. The molecule has 1 aromatic carbocycles. The van der Waals surface area contributed by atoms with Crippen molar-refractivity contribution >= 4 is 23.3 Å². The van der Waals surface area contributed by atoms with Gasteiger partial charge in [0.25, 0.3) is 11.7 Å². The summed E-state index contributed by atoms with van der Waals surface area (Å²) in [7, 11) is 0. The van der Waals surface area contributed by atoms with Crippen LogP contribution >= 0.6 is 0 Å². The number of phenols is 1. The van der Waals surface area contributed by atoms with Gasteiger partial charge in [-0.25, -0.2) is 0 Å². The van der Waals surface area contributed by atoms with Crippen molar-refractivity contribution in [1.29, 1.82) is 0 Å². The summed E-state index contributed by atoms with van der Waals surface area (Å²) in [6, 6.07) is 3.77. The van der Waals surface area contributed by atoms with Crippen molar-refractivity contribution in [1.82, 2.24) is 0 Å². The van der Waals surface area contributed by atoms with Crippen LogP contribution in [0.3, 0.4) is 0 Å². The Morgan fingerprint density at radius 1 is 1.31 bits per heavy atom. The summed E-state index contributed by atoms with van der Waals surface area (Å²) in [5, 5.41) is 17.8. The summed E-state index contributed by atoms with van der Waals surface area (Å²) < 4.78 is 0. The fraction of sp³-hybridized carbons (Fsp3) is 0.100. The van der Waals surface area contributed by atoms with Gasteiger partial charge < -0.3 is 10.2 Å². The molecule has 0 unspecified atom stereocenters. The predicted octanol–water partition coefficient (Wildman–Crippen LogP) is 0.00610. The van der Waals surface area contributed by atoms with Crippen LogP contribution in [-0.2, 0) is 9.59 Å². The lowest BCUT2D eigenvalue weighted by molar-refractivity contribution is -0.136. The highest BCUT2D eigenvalue weighted by Crippen LogP contribution is 2.31. The normalized spacial score (nSPS) is 14.1. The first-order valence-electron chi connectivity index (χ1n) is 4.41. The number of amides is 1. The maximum atomic E-state index is 11.4. The van der Waals surface area contributed by atoms with Crippen LogP contribution in [0.5, 0.6) is 5.75 Å². The van der Waals surface area contributed by atoms with Crippen molar-refractivity contribution in [2.45, 2.75) is 0 Å². The second kappa shape index (κ2) is 3.34. The zero-order valence-corrected chi connectivity index (χ0v) is 8.01. The molecule has 1 aromatic rings. The van der Waals surface area contributed by atoms with Crippen LogP contribution in [0.25, 0.3) is 0 Å². The highest BCUT2D eigenvalue weighted by Gasteiger charge is 2.36. The van der Waals surface area contributed by atoms with Gasteiger partial charge in [0, 0.05) is 6.07 Å². The first-order valence-corrected chi connectivity index (χ1v) is 4.41. The Balaban J connectivity index is 2.51. The van der Waals surface area contributed by atoms with E-state index in [-0.39, 0.29) is 17.0 Å². The van der Waals surface area contributed by atoms with E-state index in [1.807, 2.05) is 0 Å². The number of phenolic OH excluding ortho intramolecular Hbond substituents is 1. The standard InChI is InChI=1S/C10H7NO5/c12-5-1-2-6-7(3-5)11(4-8(13)14)10(16)9(6)15/h1-3,12H,4H2,(H,13,14). The Labute approximate surface area is 89.7 Å². The summed E-state index contributed by atoms with van der Waals surface area (Å²) in [6.45, 7) is -0.596. The molecule has 2 rings (SSSR count). The molecule has 0 bridgehead atoms. The molecule has 0 aromatic heterocycles. The van der Waals surface area contributed by atoms with Gasteiger partial charge in [0.15, 0.2) is 0 Å². The number of fused-ring (bicyclic) bond motifs is 1. The number of anilines is 1. The van der Waals surface area contributed by atoms with E-state index in [1.165, 1.54) is 18.2 Å². The SMILES string of the molecule is O=C(O)CN1C(=O)C(=O)c2ccc(O)cc21. The first kappa shape index (κ1) is 10.2. The Morgan fingerprint density at radius 2 is 2.00 bits per heavy atom. The first-order chi connectivity index (χ1) is 7.50. The highest BCUT2D eigenvalue weighted by molar-refractivity contribution is 6.52. The summed E-state index contributed by atoms with van der Waals surface area (Å²) in [5.41, 5.74) is 0.251. The van der Waals surface area contributed by atoms with E-state index >= 15 is 0 Å². The Bertz CT molecular complexity index is 508. The number of carbonyl (C=O) groups is 3. The molecule has 1 aliphatic rings. The summed E-state index contributed by atoms with van der Waals surface area (Å²) in [4.78, 5) is 34.2. The van der Waals surface area contributed by atoms with E-state index in [1.54, 1.807) is 0 Å². The number of nitrogens with zero attached hydrogens (tertiary/aromatic N) is 1. The molecule has 0 aliphatic carbocycles. The third-order valence-electron chi connectivity index (χ3n) is 2.25. The minimum atomic E-state index is -1.22. The maximum absolute atomic E-state index is 11.4. The van der Waals surface area contributed by atoms with Crippen LogP contribution in [0.15, 0.2) is 18.2 Å². The highest BCUT2D eigenvalue weighted by atomic mass is 16.4. The molecule has 0 saturated carbocycles. The quantitative estimate of drug-likeness (QED) is 0.685. The van der Waals surface area contributed by atoms with E-state index in [0.29, 0.717) is 0 Å². The fourth-order valence-corrected chi connectivity index (χ4v) is 1.57. The van der Waals surface area contributed by atoms with Crippen LogP contribution in [0.4, 0.5) is 5.69 Å². The molecule has 0 radical (unpaired) electrons. The second-order valence-electron chi connectivity index (χ2n) is 3.32. The minimum Gasteiger partial charge on any atom is -0.508 e. The van der Waals surface area contributed by atoms with Crippen molar-refractivity contribution in [2.75, 3.05) is 11.4 Å². The Morgan fingerprint density at radius 3 is 2.62 bits per heavy atom. The summed E-state index contributed by atoms with van der Waals surface area (Å²) in [5.74, 6) is -2.99. The number of Topliss-reactive ketones (excluding diaryl/α,β-unsaturated/α-hetero) is 1. The van der Waals surface area contributed by atoms with Gasteiger partial charge in [0.05, 0.1) is 11.3 Å². The maximum Gasteiger partial charge on any atom is 0.323 e. The Hall–Kier alpha value is -2.37. The van der Waals surface area contributed by atoms with Gasteiger partial charge in [0.1, 0.15) is 12.3 Å². The molecular formula is C10H7NO5. The molecule has 6 heteroatoms. The number of rotatable bonds is 2. The number of hydrogen-bond donors (Lipinski definition) is 2. The molecule has 0 fully saturated rings. The number of ketones is 1. The summed E-state index contributed by atoms with van der Waals surface area (Å²) >= 11 is 0. The van der Waals surface area contributed by atoms with Crippen molar-refractivity contribution < 1.29 is 24.6 Å². The number of benzene rings is 1. The van der Waals surface area contributed by atoms with Crippen molar-refractivity contribution in [3.8, 4) is 5.75 Å². The van der Waals surface area contributed by atoms with E-state index < -0.39 is 24.2 Å². The van der Waals surface area contributed by atoms with Gasteiger partial charge in [-0.2, -0.15) is 0 Å². The van der Waals surface area contributed by atoms with Crippen molar-refractivity contribution in [2.24, 2.45) is 0 Å². The molecule has 6 nitrogen and oxygen atoms in total. The largest absolute Gasteiger partial charge is 0.508 e. The zero-order valence-electron chi connectivity index (χ0n) is 8.01. The van der Waals surface area contributed by atoms with Crippen LogP contribution in [0, 0.1) is 0 Å². The van der Waals surface area contributed by atoms with Crippen molar-refractivity contribution in [3.63, 3.8) is 0 Å². The number of carboxylic acid groups (broad SMARTS) is 1. The molecule has 0 spiro atoms. The van der Waals surface area contributed by atoms with Crippen LogP contribution in [0.1, 0.15) is 10.4 Å². The van der Waals surface area contributed by atoms with E-state index in [9.17, 15) is 19.5 Å². The van der Waals surface area contributed by atoms with Gasteiger partial charge >= 0.3 is 5.97 Å². The fourth-order valence-electron chi connectivity index (χ4n) is 1.57. The molecule has 16 heavy (non-hydrogen) atoms. The van der Waals surface area contributed by atoms with E-state index in [4.69, 9.17) is 5.11 Å². The van der Waals surface area contributed by atoms with Crippen LogP contribution in [0.2, 0.25) is 0 Å². The second-order valence-corrected chi connectivity index (χ2v) is 3.32. The monoisotopic (exact) mass is 221 g/mol. The van der Waals surface area contributed by atoms with Gasteiger partial charge in [-0.3, -0.25) is 19.3 Å². The van der Waals surface area contributed by atoms with E-state index in [0.717, 1.165) is 4.90 Å². The Kier molecular flexibility index (Phi) is 2.12. The smallest absolute Gasteiger partial charge is 0.323 e. The number of aliphatic carboxylic acids is 1. The predicted molar refractivity (Wildman–Crippen MR) is 52.4 cm³/mol. The van der Waals surface area contributed by atoms with Crippen LogP contribution < -0.4 is 4.90 Å². The molecule has 2 N–H and O–H groups in total. The zero-order chi connectivity index (χ0) is 11.9. The van der Waals surface area contributed by atoms with Gasteiger partial charge in [-0.15, -0.1) is 0 Å². The topological polar surface area (TPSA) is 94.9 Å².